The molecule has 62 valence electrons. The first-order valence-corrected chi connectivity index (χ1v) is 2.88. The smallest absolute Gasteiger partial charge is 0.0890 e. The van der Waals surface area contributed by atoms with Crippen LogP contribution in [0.3, 0.4) is 0 Å². The van der Waals surface area contributed by atoms with Gasteiger partial charge in [0.1, 0.15) is 0 Å². The molecule has 9 nitrogen and oxygen atoms in total. The zero-order valence-corrected chi connectivity index (χ0v) is 6.75. The molecule has 0 fully saturated rings. The second kappa shape index (κ2) is 9.20. The molecule has 0 aliphatic rings. The predicted molar refractivity (Wildman–Crippen MR) is 40.4 cm³/mol. The summed E-state index contributed by atoms with van der Waals surface area (Å²) in [6, 6.07) is 0. The summed E-state index contributed by atoms with van der Waals surface area (Å²) in [5.74, 6) is 0. The summed E-state index contributed by atoms with van der Waals surface area (Å²) in [6.45, 7) is 0. The lowest BCUT2D eigenvalue weighted by atomic mass is 11.6. The minimum atomic E-state index is 1.43. The van der Waals surface area contributed by atoms with Gasteiger partial charge in [0.25, 0.3) is 0 Å². The second-order valence-electron chi connectivity index (χ2n) is 1.02. The Morgan fingerprint density at radius 2 is 1.33 bits per heavy atom. The molecule has 0 spiro atoms. The largest absolute Gasteiger partial charge is 0.171 e. The van der Waals surface area contributed by atoms with Gasteiger partial charge in [0, 0.05) is 0 Å². The molecule has 0 aliphatic heterocycles. The van der Waals surface area contributed by atoms with Crippen LogP contribution in [0, 0.1) is 0 Å². The van der Waals surface area contributed by atoms with E-state index in [0.29, 0.717) is 0 Å². The summed E-state index contributed by atoms with van der Waals surface area (Å²) >= 11 is 4.18. The summed E-state index contributed by atoms with van der Waals surface area (Å²) in [5.41, 5.74) is 0. The van der Waals surface area contributed by atoms with E-state index in [9.17, 15) is 0 Å². The number of rotatable bonds is 4. The highest BCUT2D eigenvalue weighted by Crippen LogP contribution is 1.84. The monoisotopic (exact) mass is 185 g/mol. The third kappa shape index (κ3) is 8.20. The number of nitrogens with zero attached hydrogens (tertiary/aromatic N) is 9. The lowest BCUT2D eigenvalue weighted by molar-refractivity contribution is 0.788. The molecule has 12 heavy (non-hydrogen) atoms. The Morgan fingerprint density at radius 1 is 0.833 bits per heavy atom. The number of hydrogen-bond donors (Lipinski definition) is 0. The molecule has 0 atom stereocenters. The van der Waals surface area contributed by atoms with E-state index in [4.69, 9.17) is 0 Å². The van der Waals surface area contributed by atoms with Gasteiger partial charge >= 0.3 is 0 Å². The maximum Gasteiger partial charge on any atom is 0.0890 e. The zero-order valence-electron chi connectivity index (χ0n) is 5.93. The molecule has 0 radical (unpaired) electrons. The van der Waals surface area contributed by atoms with Crippen molar-refractivity contribution in [1.82, 2.24) is 0 Å². The topological polar surface area (TPSA) is 111 Å². The first kappa shape index (κ1) is 10.2. The average Bonchev–Trinajstić information content (AvgIpc) is 2.10. The van der Waals surface area contributed by atoms with Crippen molar-refractivity contribution in [2.45, 2.75) is 0 Å². The summed E-state index contributed by atoms with van der Waals surface area (Å²) in [5, 5.41) is 29.6. The fraction of sp³-hybridized carbons (Fsp3) is 0.500. The fourth-order valence-corrected chi connectivity index (χ4v) is 0.204. The Kier molecular flexibility index (Phi) is 7.82. The van der Waals surface area contributed by atoms with Crippen LogP contribution in [0.25, 0.3) is 0 Å². The first-order valence-electron chi connectivity index (χ1n) is 2.47. The van der Waals surface area contributed by atoms with Gasteiger partial charge in [-0.15, -0.1) is 0 Å². The molecule has 0 aliphatic carbocycles. The maximum absolute atomic E-state index is 4.18. The molecule has 0 amide bonds. The van der Waals surface area contributed by atoms with Crippen LogP contribution in [0.15, 0.2) is 46.8 Å². The lowest BCUT2D eigenvalue weighted by Gasteiger charge is -1.67. The van der Waals surface area contributed by atoms with E-state index in [1.165, 1.54) is 7.05 Å². The van der Waals surface area contributed by atoms with E-state index in [2.05, 4.69) is 59.0 Å². The van der Waals surface area contributed by atoms with Crippen molar-refractivity contribution in [2.24, 2.45) is 46.8 Å². The molecule has 0 saturated heterocycles. The SMILES string of the molecule is C/N=N/N=N/N=N/N=N/N=C=S. The molecule has 0 heterocycles. The summed E-state index contributed by atoms with van der Waals surface area (Å²) in [4.78, 5) is 0. The van der Waals surface area contributed by atoms with Crippen LogP contribution in [0.4, 0.5) is 0 Å². The number of hydrogen-bond acceptors (Lipinski definition) is 3. The van der Waals surface area contributed by atoms with Crippen molar-refractivity contribution in [2.75, 3.05) is 7.05 Å². The van der Waals surface area contributed by atoms with E-state index in [1.54, 1.807) is 0 Å². The predicted octanol–water partition coefficient (Wildman–Crippen LogP) is 2.19. The number of isothiocyanates is 1. The Labute approximate surface area is 72.0 Å². The van der Waals surface area contributed by atoms with Crippen LogP contribution in [0.5, 0.6) is 0 Å². The van der Waals surface area contributed by atoms with Gasteiger partial charge in [0.15, 0.2) is 0 Å². The standard InChI is InChI=1S/C2H3N9S/c1-3-5-7-9-11-10-8-6-4-2-12/h1H3/b5-3+,8-6+,9-7+,11-10+. The third-order valence-corrected chi connectivity index (χ3v) is 0.497. The Balaban J connectivity index is 3.69. The third-order valence-electron chi connectivity index (χ3n) is 0.415. The zero-order chi connectivity index (χ0) is 9.07. The van der Waals surface area contributed by atoms with Gasteiger partial charge in [0.2, 0.25) is 0 Å². The van der Waals surface area contributed by atoms with Crippen LogP contribution in [-0.2, 0) is 0 Å². The van der Waals surface area contributed by atoms with Crippen molar-refractivity contribution in [1.29, 1.82) is 0 Å². The van der Waals surface area contributed by atoms with E-state index < -0.39 is 0 Å². The molecular formula is C2H3N9S. The second-order valence-corrected chi connectivity index (χ2v) is 1.20. The van der Waals surface area contributed by atoms with Crippen LogP contribution < -0.4 is 0 Å². The highest BCUT2D eigenvalue weighted by molar-refractivity contribution is 7.78. The van der Waals surface area contributed by atoms with E-state index >= 15 is 0 Å². The van der Waals surface area contributed by atoms with E-state index in [1.807, 2.05) is 5.16 Å². The Hall–Kier alpha value is -1.80. The molecule has 0 aromatic rings. The Morgan fingerprint density at radius 3 is 1.83 bits per heavy atom. The number of thiocarbonyl (C=S) groups is 1. The molecule has 0 N–H and O–H groups in total. The molecular weight excluding hydrogens is 182 g/mol. The fourth-order valence-electron chi connectivity index (χ4n) is 0.168. The van der Waals surface area contributed by atoms with Gasteiger partial charge in [-0.25, -0.2) is 0 Å². The Bertz CT molecular complexity index is 256. The lowest BCUT2D eigenvalue weighted by Crippen LogP contribution is -1.49. The van der Waals surface area contributed by atoms with E-state index in [0.717, 1.165) is 0 Å². The highest BCUT2D eigenvalue weighted by Gasteiger charge is 1.65. The van der Waals surface area contributed by atoms with Gasteiger partial charge in [-0.05, 0) is 48.8 Å². The quantitative estimate of drug-likeness (QED) is 0.284. The average molecular weight is 185 g/mol. The van der Waals surface area contributed by atoms with Gasteiger partial charge in [-0.3, -0.25) is 0 Å². The molecule has 0 aromatic heterocycles. The maximum atomic E-state index is 4.18. The van der Waals surface area contributed by atoms with Crippen molar-refractivity contribution in [3.8, 4) is 0 Å². The summed E-state index contributed by atoms with van der Waals surface area (Å²) in [7, 11) is 1.43. The summed E-state index contributed by atoms with van der Waals surface area (Å²) < 4.78 is 0. The summed E-state index contributed by atoms with van der Waals surface area (Å²) in [6.07, 6.45) is 0. The molecule has 0 bridgehead atoms. The molecule has 0 aromatic carbocycles. The van der Waals surface area contributed by atoms with Crippen molar-refractivity contribution >= 4 is 17.4 Å². The van der Waals surface area contributed by atoms with Crippen LogP contribution in [0.2, 0.25) is 0 Å². The van der Waals surface area contributed by atoms with Crippen molar-refractivity contribution in [3.63, 3.8) is 0 Å². The molecule has 0 rings (SSSR count). The van der Waals surface area contributed by atoms with Gasteiger partial charge < -0.3 is 0 Å². The highest BCUT2D eigenvalue weighted by atomic mass is 32.1. The van der Waals surface area contributed by atoms with Crippen molar-refractivity contribution in [3.05, 3.63) is 0 Å². The van der Waals surface area contributed by atoms with Crippen molar-refractivity contribution < 1.29 is 0 Å². The molecule has 0 unspecified atom stereocenters. The van der Waals surface area contributed by atoms with Gasteiger partial charge in [0.05, 0.1) is 12.2 Å². The van der Waals surface area contributed by atoms with Crippen LogP contribution in [-0.4, -0.2) is 12.2 Å². The van der Waals surface area contributed by atoms with Crippen LogP contribution in [0.1, 0.15) is 0 Å². The molecule has 10 heteroatoms. The van der Waals surface area contributed by atoms with Crippen LogP contribution >= 0.6 is 12.2 Å². The van der Waals surface area contributed by atoms with E-state index in [-0.39, 0.29) is 0 Å². The normalized spacial score (nSPS) is 12.1. The minimum absolute atomic E-state index is 1.43. The van der Waals surface area contributed by atoms with Gasteiger partial charge in [-0.1, -0.05) is 5.10 Å². The molecule has 0 saturated carbocycles. The first-order chi connectivity index (χ1) is 5.91. The minimum Gasteiger partial charge on any atom is -0.171 e. The van der Waals surface area contributed by atoms with Gasteiger partial charge in [-0.2, -0.15) is 5.11 Å².